The summed E-state index contributed by atoms with van der Waals surface area (Å²) in [5.41, 5.74) is 10.3. The van der Waals surface area contributed by atoms with E-state index in [0.29, 0.717) is 13.2 Å². The monoisotopic (exact) mass is 720 g/mol. The lowest BCUT2D eigenvalue weighted by Crippen LogP contribution is -2.14. The van der Waals surface area contributed by atoms with Gasteiger partial charge in [-0.2, -0.15) is 0 Å². The van der Waals surface area contributed by atoms with Crippen LogP contribution in [0, 0.1) is 0 Å². The Bertz CT molecular complexity index is 2700. The third kappa shape index (κ3) is 5.73. The molecule has 0 fully saturated rings. The lowest BCUT2D eigenvalue weighted by molar-refractivity contribution is 0.175. The Hall–Kier alpha value is -6.21. The summed E-state index contributed by atoms with van der Waals surface area (Å²) in [4.78, 5) is 10.2. The molecular formula is C47H32N2O2S2. The van der Waals surface area contributed by atoms with Crippen LogP contribution in [-0.2, 0) is 0 Å². The number of ether oxygens (including phenoxy) is 2. The SMILES string of the molecule is c1ccc(-c2ccc(N(c3ccc(-c4sc(-c5ccccc5)c5c4OCCO5)cc3)c3ccc(-c4cccc5c4sc4ncccc45)cc3)cc2)cc1. The summed E-state index contributed by atoms with van der Waals surface area (Å²) < 4.78 is 13.7. The van der Waals surface area contributed by atoms with Gasteiger partial charge in [0.2, 0.25) is 0 Å². The molecule has 0 spiro atoms. The number of rotatable bonds is 7. The number of nitrogens with zero attached hydrogens (tertiary/aromatic N) is 2. The zero-order valence-corrected chi connectivity index (χ0v) is 30.2. The van der Waals surface area contributed by atoms with Gasteiger partial charge in [0.05, 0.1) is 9.75 Å². The van der Waals surface area contributed by atoms with Gasteiger partial charge in [-0.1, -0.05) is 115 Å². The summed E-state index contributed by atoms with van der Waals surface area (Å²) in [5.74, 6) is 1.68. The number of benzene rings is 6. The largest absolute Gasteiger partial charge is 0.485 e. The molecule has 0 saturated heterocycles. The maximum absolute atomic E-state index is 6.24. The van der Waals surface area contributed by atoms with Crippen LogP contribution in [0.4, 0.5) is 17.1 Å². The Morgan fingerprint density at radius 1 is 0.434 bits per heavy atom. The maximum Gasteiger partial charge on any atom is 0.180 e. The van der Waals surface area contributed by atoms with Crippen molar-refractivity contribution in [2.24, 2.45) is 0 Å². The van der Waals surface area contributed by atoms with Gasteiger partial charge in [-0.3, -0.25) is 0 Å². The van der Waals surface area contributed by atoms with Crippen LogP contribution in [0.2, 0.25) is 0 Å². The van der Waals surface area contributed by atoms with E-state index >= 15 is 0 Å². The van der Waals surface area contributed by atoms with Crippen molar-refractivity contribution in [3.8, 4) is 54.6 Å². The van der Waals surface area contributed by atoms with E-state index in [2.05, 4.69) is 162 Å². The summed E-state index contributed by atoms with van der Waals surface area (Å²) in [5, 5.41) is 2.46. The van der Waals surface area contributed by atoms with Gasteiger partial charge in [0.25, 0.3) is 0 Å². The molecule has 9 aromatic rings. The fourth-order valence-electron chi connectivity index (χ4n) is 7.21. The first-order chi connectivity index (χ1) is 26.3. The molecule has 6 aromatic carbocycles. The predicted molar refractivity (Wildman–Crippen MR) is 222 cm³/mol. The van der Waals surface area contributed by atoms with E-state index in [-0.39, 0.29) is 0 Å². The summed E-state index contributed by atoms with van der Waals surface area (Å²) in [6.45, 7) is 1.09. The highest BCUT2D eigenvalue weighted by Crippen LogP contribution is 2.54. The molecule has 4 heterocycles. The normalized spacial score (nSPS) is 12.3. The number of thiophene rings is 2. The van der Waals surface area contributed by atoms with Crippen LogP contribution in [0.5, 0.6) is 11.5 Å². The molecule has 53 heavy (non-hydrogen) atoms. The maximum atomic E-state index is 6.24. The molecule has 0 saturated carbocycles. The minimum Gasteiger partial charge on any atom is -0.485 e. The first-order valence-corrected chi connectivity index (χ1v) is 19.3. The molecule has 0 radical (unpaired) electrons. The molecule has 254 valence electrons. The number of pyridine rings is 1. The lowest BCUT2D eigenvalue weighted by Gasteiger charge is -2.26. The second-order valence-corrected chi connectivity index (χ2v) is 15.0. The minimum absolute atomic E-state index is 0.542. The van der Waals surface area contributed by atoms with Crippen LogP contribution in [0.15, 0.2) is 170 Å². The zero-order valence-electron chi connectivity index (χ0n) is 28.6. The van der Waals surface area contributed by atoms with Crippen LogP contribution in [0.1, 0.15) is 0 Å². The van der Waals surface area contributed by atoms with Crippen molar-refractivity contribution in [2.45, 2.75) is 0 Å². The molecule has 4 nitrogen and oxygen atoms in total. The van der Waals surface area contributed by atoms with Gasteiger partial charge in [0, 0.05) is 38.7 Å². The van der Waals surface area contributed by atoms with Crippen molar-refractivity contribution in [1.29, 1.82) is 0 Å². The third-order valence-corrected chi connectivity index (χ3v) is 12.2. The number of fused-ring (bicyclic) bond motifs is 4. The molecule has 6 heteroatoms. The number of hydrogen-bond acceptors (Lipinski definition) is 6. The van der Waals surface area contributed by atoms with Crippen LogP contribution in [0.3, 0.4) is 0 Å². The van der Waals surface area contributed by atoms with E-state index in [1.165, 1.54) is 37.7 Å². The minimum atomic E-state index is 0.542. The van der Waals surface area contributed by atoms with E-state index in [1.54, 1.807) is 22.7 Å². The highest BCUT2D eigenvalue weighted by Gasteiger charge is 2.26. The van der Waals surface area contributed by atoms with Crippen LogP contribution < -0.4 is 14.4 Å². The Labute approximate surface area is 315 Å². The lowest BCUT2D eigenvalue weighted by atomic mass is 10.0. The van der Waals surface area contributed by atoms with E-state index in [4.69, 9.17) is 9.47 Å². The number of hydrogen-bond donors (Lipinski definition) is 0. The van der Waals surface area contributed by atoms with Gasteiger partial charge >= 0.3 is 0 Å². The van der Waals surface area contributed by atoms with E-state index < -0.39 is 0 Å². The standard InChI is InChI=1S/C47H32N2O2S2/c1-3-9-31(10-4-1)32-16-22-36(23-17-32)49(37-24-18-33(19-25-37)39-13-7-14-40-41-15-8-28-48-47(41)53-46(39)40)38-26-20-35(21-27-38)45-43-42(50-29-30-51-43)44(52-45)34-11-5-2-6-12-34/h1-28H,29-30H2. The molecule has 1 aliphatic rings. The van der Waals surface area contributed by atoms with E-state index in [9.17, 15) is 0 Å². The summed E-state index contributed by atoms with van der Waals surface area (Å²) in [6, 6.07) is 58.3. The fourth-order valence-corrected chi connectivity index (χ4v) is 9.59. The molecule has 0 bridgehead atoms. The van der Waals surface area contributed by atoms with Gasteiger partial charge in [0.1, 0.15) is 18.0 Å². The summed E-state index contributed by atoms with van der Waals surface area (Å²) in [7, 11) is 0. The molecule has 0 amide bonds. The average molecular weight is 721 g/mol. The van der Waals surface area contributed by atoms with Crippen LogP contribution >= 0.6 is 22.7 Å². The van der Waals surface area contributed by atoms with Gasteiger partial charge in [-0.25, -0.2) is 4.98 Å². The molecule has 0 unspecified atom stereocenters. The number of anilines is 3. The summed E-state index contributed by atoms with van der Waals surface area (Å²) in [6.07, 6.45) is 1.87. The summed E-state index contributed by atoms with van der Waals surface area (Å²) >= 11 is 3.48. The molecule has 10 rings (SSSR count). The second kappa shape index (κ2) is 13.4. The van der Waals surface area contributed by atoms with Crippen LogP contribution in [0.25, 0.3) is 63.4 Å². The first kappa shape index (κ1) is 31.5. The highest BCUT2D eigenvalue weighted by molar-refractivity contribution is 7.26. The Balaban J connectivity index is 1.04. The number of aromatic nitrogens is 1. The molecule has 0 N–H and O–H groups in total. The quantitative estimate of drug-likeness (QED) is 0.164. The molecule has 0 atom stereocenters. The Morgan fingerprint density at radius 3 is 1.57 bits per heavy atom. The molecule has 1 aliphatic heterocycles. The second-order valence-electron chi connectivity index (χ2n) is 13.0. The fraction of sp³-hybridized carbons (Fsp3) is 0.0426. The van der Waals surface area contributed by atoms with Gasteiger partial charge in [-0.15, -0.1) is 22.7 Å². The highest BCUT2D eigenvalue weighted by atomic mass is 32.1. The predicted octanol–water partition coefficient (Wildman–Crippen LogP) is 13.4. The smallest absolute Gasteiger partial charge is 0.180 e. The van der Waals surface area contributed by atoms with Crippen molar-refractivity contribution in [3.63, 3.8) is 0 Å². The topological polar surface area (TPSA) is 34.6 Å². The van der Waals surface area contributed by atoms with Crippen molar-refractivity contribution in [1.82, 2.24) is 4.98 Å². The van der Waals surface area contributed by atoms with E-state index in [0.717, 1.165) is 54.3 Å². The van der Waals surface area contributed by atoms with Gasteiger partial charge in [0.15, 0.2) is 11.5 Å². The molecule has 3 aromatic heterocycles. The molecule has 0 aliphatic carbocycles. The molecular weight excluding hydrogens is 689 g/mol. The van der Waals surface area contributed by atoms with E-state index in [1.807, 2.05) is 18.3 Å². The Morgan fingerprint density at radius 2 is 0.943 bits per heavy atom. The van der Waals surface area contributed by atoms with Crippen molar-refractivity contribution in [2.75, 3.05) is 18.1 Å². The Kier molecular flexibility index (Phi) is 7.97. The van der Waals surface area contributed by atoms with Crippen molar-refractivity contribution in [3.05, 3.63) is 170 Å². The van der Waals surface area contributed by atoms with Crippen molar-refractivity contribution >= 4 is 60.0 Å². The average Bonchev–Trinajstić information content (AvgIpc) is 3.82. The van der Waals surface area contributed by atoms with Gasteiger partial charge < -0.3 is 14.4 Å². The first-order valence-electron chi connectivity index (χ1n) is 17.7. The van der Waals surface area contributed by atoms with Crippen molar-refractivity contribution < 1.29 is 9.47 Å². The van der Waals surface area contributed by atoms with Gasteiger partial charge in [-0.05, 0) is 81.9 Å². The zero-order chi connectivity index (χ0) is 35.1. The third-order valence-electron chi connectivity index (χ3n) is 9.77. The van der Waals surface area contributed by atoms with Crippen LogP contribution in [-0.4, -0.2) is 18.2 Å².